The molecule has 0 bridgehead atoms. The van der Waals surface area contributed by atoms with Crippen LogP contribution >= 0.6 is 0 Å². The topological polar surface area (TPSA) is 29.5 Å². The maximum absolute atomic E-state index is 12.9. The number of piperidine rings is 1. The fraction of sp³-hybridized carbons (Fsp3) is 0.591. The van der Waals surface area contributed by atoms with Crippen LogP contribution in [0.3, 0.4) is 0 Å². The minimum atomic E-state index is -0.468. The van der Waals surface area contributed by atoms with E-state index in [1.165, 1.54) is 19.3 Å². The van der Waals surface area contributed by atoms with Gasteiger partial charge in [-0.25, -0.2) is 0 Å². The lowest BCUT2D eigenvalue weighted by molar-refractivity contribution is -0.152. The van der Waals surface area contributed by atoms with E-state index in [1.807, 2.05) is 25.1 Å². The molecule has 3 rings (SSSR count). The van der Waals surface area contributed by atoms with Gasteiger partial charge in [0.15, 0.2) is 6.10 Å². The third kappa shape index (κ3) is 4.44. The van der Waals surface area contributed by atoms with Gasteiger partial charge in [0.1, 0.15) is 0 Å². The predicted molar refractivity (Wildman–Crippen MR) is 100 cm³/mol. The summed E-state index contributed by atoms with van der Waals surface area (Å²) in [5, 5.41) is 0. The van der Waals surface area contributed by atoms with E-state index in [2.05, 4.69) is 28.9 Å². The first kappa shape index (κ1) is 18.0. The number of nitrogens with zero attached hydrogens (tertiary/aromatic N) is 1. The van der Waals surface area contributed by atoms with Gasteiger partial charge in [0, 0.05) is 0 Å². The number of esters is 1. The van der Waals surface area contributed by atoms with E-state index in [9.17, 15) is 4.79 Å². The second-order valence-corrected chi connectivity index (χ2v) is 7.36. The third-order valence-corrected chi connectivity index (χ3v) is 5.51. The molecular weight excluding hydrogens is 310 g/mol. The molecule has 0 spiro atoms. The van der Waals surface area contributed by atoms with Crippen molar-refractivity contribution in [3.05, 3.63) is 35.9 Å². The summed E-state index contributed by atoms with van der Waals surface area (Å²) in [6.07, 6.45) is 7.45. The molecule has 1 atom stereocenters. The van der Waals surface area contributed by atoms with Crippen LogP contribution in [0.25, 0.3) is 0 Å². The molecular formula is C22H29NO2. The monoisotopic (exact) mass is 339 g/mol. The zero-order valence-corrected chi connectivity index (χ0v) is 15.3. The fourth-order valence-electron chi connectivity index (χ4n) is 4.07. The average molecular weight is 339 g/mol. The Bertz CT molecular complexity index is 616. The highest BCUT2D eigenvalue weighted by atomic mass is 16.5. The van der Waals surface area contributed by atoms with E-state index in [0.29, 0.717) is 0 Å². The van der Waals surface area contributed by atoms with Gasteiger partial charge < -0.3 is 4.74 Å². The molecule has 3 heteroatoms. The third-order valence-electron chi connectivity index (χ3n) is 5.51. The summed E-state index contributed by atoms with van der Waals surface area (Å²) in [5.74, 6) is 6.22. The molecule has 1 aromatic carbocycles. The highest BCUT2D eigenvalue weighted by Crippen LogP contribution is 2.42. The summed E-state index contributed by atoms with van der Waals surface area (Å²) < 4.78 is 5.75. The predicted octanol–water partition coefficient (Wildman–Crippen LogP) is 3.92. The summed E-state index contributed by atoms with van der Waals surface area (Å²) in [7, 11) is 0. The van der Waals surface area contributed by atoms with Crippen molar-refractivity contribution in [1.29, 1.82) is 0 Å². The molecule has 25 heavy (non-hydrogen) atoms. The normalized spacial score (nSPS) is 21.2. The number of likely N-dealkylation sites (tertiary alicyclic amines) is 1. The molecule has 1 saturated carbocycles. The molecule has 2 aliphatic rings. The molecule has 0 N–H and O–H groups in total. The van der Waals surface area contributed by atoms with Crippen LogP contribution in [0.2, 0.25) is 0 Å². The van der Waals surface area contributed by atoms with Gasteiger partial charge in [-0.1, -0.05) is 61.4 Å². The maximum Gasteiger partial charge on any atom is 0.317 e. The van der Waals surface area contributed by atoms with E-state index >= 15 is 0 Å². The molecule has 2 fully saturated rings. The van der Waals surface area contributed by atoms with Gasteiger partial charge in [0.05, 0.1) is 12.0 Å². The van der Waals surface area contributed by atoms with Crippen LogP contribution in [0.15, 0.2) is 30.3 Å². The summed E-state index contributed by atoms with van der Waals surface area (Å²) >= 11 is 0. The fourth-order valence-corrected chi connectivity index (χ4v) is 4.07. The van der Waals surface area contributed by atoms with Crippen molar-refractivity contribution < 1.29 is 9.53 Å². The first-order chi connectivity index (χ1) is 12.2. The van der Waals surface area contributed by atoms with Crippen molar-refractivity contribution in [1.82, 2.24) is 4.90 Å². The van der Waals surface area contributed by atoms with E-state index in [-0.39, 0.29) is 12.1 Å². The van der Waals surface area contributed by atoms with Crippen LogP contribution in [-0.4, -0.2) is 36.6 Å². The van der Waals surface area contributed by atoms with Crippen LogP contribution in [0, 0.1) is 11.8 Å². The second-order valence-electron chi connectivity index (χ2n) is 7.36. The van der Waals surface area contributed by atoms with Crippen LogP contribution < -0.4 is 0 Å². The Labute approximate surface area is 151 Å². The first-order valence-corrected chi connectivity index (χ1v) is 9.68. The van der Waals surface area contributed by atoms with Crippen LogP contribution in [0.5, 0.6) is 0 Å². The lowest BCUT2D eigenvalue weighted by atomic mass is 9.79. The second kappa shape index (κ2) is 8.54. The first-order valence-electron chi connectivity index (χ1n) is 9.68. The Morgan fingerprint density at radius 1 is 1.12 bits per heavy atom. The zero-order valence-electron chi connectivity index (χ0n) is 15.3. The molecule has 3 nitrogen and oxygen atoms in total. The maximum atomic E-state index is 12.9. The van der Waals surface area contributed by atoms with Crippen molar-refractivity contribution in [2.24, 2.45) is 0 Å². The Balaban J connectivity index is 1.60. The molecule has 1 aliphatic heterocycles. The Hall–Kier alpha value is -1.79. The molecule has 1 saturated heterocycles. The van der Waals surface area contributed by atoms with Gasteiger partial charge >= 0.3 is 5.97 Å². The van der Waals surface area contributed by atoms with Gasteiger partial charge in [-0.3, -0.25) is 9.69 Å². The number of benzene rings is 1. The highest BCUT2D eigenvalue weighted by molar-refractivity contribution is 5.84. The van der Waals surface area contributed by atoms with Gasteiger partial charge in [-0.15, -0.1) is 0 Å². The molecule has 0 radical (unpaired) electrons. The molecule has 1 aliphatic carbocycles. The smallest absolute Gasteiger partial charge is 0.317 e. The van der Waals surface area contributed by atoms with Crippen molar-refractivity contribution in [3.8, 4) is 11.8 Å². The van der Waals surface area contributed by atoms with Crippen molar-refractivity contribution in [2.45, 2.75) is 63.4 Å². The largest absolute Gasteiger partial charge is 0.449 e. The van der Waals surface area contributed by atoms with Crippen molar-refractivity contribution in [2.75, 3.05) is 19.6 Å². The summed E-state index contributed by atoms with van der Waals surface area (Å²) in [6.45, 7) is 4.94. The Morgan fingerprint density at radius 2 is 1.80 bits per heavy atom. The number of carbonyl (C=O) groups excluding carboxylic acids is 1. The van der Waals surface area contributed by atoms with E-state index in [1.54, 1.807) is 0 Å². The van der Waals surface area contributed by atoms with Gasteiger partial charge in [-0.05, 0) is 51.3 Å². The highest BCUT2D eigenvalue weighted by Gasteiger charge is 2.44. The molecule has 0 amide bonds. The summed E-state index contributed by atoms with van der Waals surface area (Å²) in [6, 6.07) is 10.1. The molecule has 1 aromatic rings. The number of hydrogen-bond acceptors (Lipinski definition) is 3. The van der Waals surface area contributed by atoms with Crippen LogP contribution in [-0.2, 0) is 14.9 Å². The lowest BCUT2D eigenvalue weighted by Crippen LogP contribution is -2.36. The number of rotatable bonds is 4. The van der Waals surface area contributed by atoms with Gasteiger partial charge in [-0.2, -0.15) is 0 Å². The van der Waals surface area contributed by atoms with Gasteiger partial charge in [0.2, 0.25) is 0 Å². The molecule has 1 unspecified atom stereocenters. The van der Waals surface area contributed by atoms with E-state index < -0.39 is 5.41 Å². The summed E-state index contributed by atoms with van der Waals surface area (Å²) in [4.78, 5) is 15.3. The van der Waals surface area contributed by atoms with E-state index in [4.69, 9.17) is 4.74 Å². The zero-order chi connectivity index (χ0) is 17.5. The quantitative estimate of drug-likeness (QED) is 0.615. The number of hydrogen-bond donors (Lipinski definition) is 0. The van der Waals surface area contributed by atoms with Crippen LogP contribution in [0.4, 0.5) is 0 Å². The molecule has 0 aromatic heterocycles. The van der Waals surface area contributed by atoms with Crippen LogP contribution in [0.1, 0.15) is 57.4 Å². The number of carbonyl (C=O) groups is 1. The number of ether oxygens (including phenoxy) is 1. The SMILES string of the molecule is CC(C#CCN1CCCCC1)OC(=O)C1(c2ccccc2)CCCC1. The standard InChI is InChI=1S/C22H29NO2/c1-19(11-10-18-23-16-8-3-9-17-23)25-21(24)22(14-6-7-15-22)20-12-4-2-5-13-20/h2,4-5,12-13,19H,3,6-9,14-18H2,1H3. The molecule has 1 heterocycles. The molecule has 134 valence electrons. The van der Waals surface area contributed by atoms with Crippen molar-refractivity contribution in [3.63, 3.8) is 0 Å². The van der Waals surface area contributed by atoms with Crippen molar-refractivity contribution >= 4 is 5.97 Å². The Morgan fingerprint density at radius 3 is 2.48 bits per heavy atom. The average Bonchev–Trinajstić information content (AvgIpc) is 3.14. The Kier molecular flexibility index (Phi) is 6.15. The summed E-state index contributed by atoms with van der Waals surface area (Å²) in [5.41, 5.74) is 0.621. The van der Waals surface area contributed by atoms with E-state index in [0.717, 1.165) is 50.9 Å². The minimum absolute atomic E-state index is 0.101. The minimum Gasteiger partial charge on any atom is -0.449 e. The lowest BCUT2D eigenvalue weighted by Gasteiger charge is -2.28. The van der Waals surface area contributed by atoms with Gasteiger partial charge in [0.25, 0.3) is 0 Å².